The molecule has 0 saturated carbocycles. The predicted octanol–water partition coefficient (Wildman–Crippen LogP) is 2.13. The number of hydrogen-bond donors (Lipinski definition) is 1. The first kappa shape index (κ1) is 11.3. The van der Waals surface area contributed by atoms with Crippen molar-refractivity contribution in [3.63, 3.8) is 0 Å². The van der Waals surface area contributed by atoms with Crippen molar-refractivity contribution in [3.8, 4) is 0 Å². The van der Waals surface area contributed by atoms with Crippen molar-refractivity contribution in [2.24, 2.45) is 5.92 Å². The predicted molar refractivity (Wildman–Crippen MR) is 67.7 cm³/mol. The number of rotatable bonds is 3. The summed E-state index contributed by atoms with van der Waals surface area (Å²) in [4.78, 5) is 2.28. The standard InChI is InChI=1S/C13H20N2O/c1-15(9-11-3-2-8-16-10-11)13-6-4-12(14)5-7-13/h4-7,11H,2-3,8-10,14H2,1H3. The van der Waals surface area contributed by atoms with Crippen LogP contribution in [0, 0.1) is 5.92 Å². The molecule has 1 aliphatic rings. The molecule has 1 aromatic carbocycles. The molecule has 0 amide bonds. The Bertz CT molecular complexity index is 317. The van der Waals surface area contributed by atoms with Crippen LogP contribution in [0.5, 0.6) is 0 Å². The molecule has 1 atom stereocenters. The summed E-state index contributed by atoms with van der Waals surface area (Å²) in [5.41, 5.74) is 7.71. The lowest BCUT2D eigenvalue weighted by atomic mass is 10.0. The first-order valence-corrected chi connectivity index (χ1v) is 5.90. The lowest BCUT2D eigenvalue weighted by Crippen LogP contribution is -2.30. The Morgan fingerprint density at radius 3 is 2.75 bits per heavy atom. The van der Waals surface area contributed by atoms with Crippen LogP contribution in [-0.4, -0.2) is 26.8 Å². The van der Waals surface area contributed by atoms with Crippen molar-refractivity contribution in [1.29, 1.82) is 0 Å². The van der Waals surface area contributed by atoms with Crippen LogP contribution in [-0.2, 0) is 4.74 Å². The van der Waals surface area contributed by atoms with Gasteiger partial charge < -0.3 is 15.4 Å². The molecule has 1 heterocycles. The van der Waals surface area contributed by atoms with Gasteiger partial charge in [-0.3, -0.25) is 0 Å². The molecule has 2 rings (SSSR count). The van der Waals surface area contributed by atoms with Gasteiger partial charge in [-0.15, -0.1) is 0 Å². The maximum atomic E-state index is 5.67. The molecular weight excluding hydrogens is 200 g/mol. The Labute approximate surface area is 97.2 Å². The van der Waals surface area contributed by atoms with Crippen LogP contribution >= 0.6 is 0 Å². The number of anilines is 2. The maximum Gasteiger partial charge on any atom is 0.0511 e. The second kappa shape index (κ2) is 5.21. The molecular formula is C13H20N2O. The van der Waals surface area contributed by atoms with Crippen molar-refractivity contribution in [2.45, 2.75) is 12.8 Å². The van der Waals surface area contributed by atoms with Crippen molar-refractivity contribution in [1.82, 2.24) is 0 Å². The Morgan fingerprint density at radius 1 is 1.38 bits per heavy atom. The number of nitrogen functional groups attached to an aromatic ring is 1. The van der Waals surface area contributed by atoms with E-state index in [1.807, 2.05) is 12.1 Å². The fourth-order valence-electron chi connectivity index (χ4n) is 2.17. The van der Waals surface area contributed by atoms with Crippen LogP contribution in [0.25, 0.3) is 0 Å². The molecule has 0 spiro atoms. The van der Waals surface area contributed by atoms with Crippen molar-refractivity contribution >= 4 is 11.4 Å². The summed E-state index contributed by atoms with van der Waals surface area (Å²) in [5.74, 6) is 0.663. The Kier molecular flexibility index (Phi) is 3.67. The van der Waals surface area contributed by atoms with E-state index >= 15 is 0 Å². The summed E-state index contributed by atoms with van der Waals surface area (Å²) >= 11 is 0. The zero-order valence-corrected chi connectivity index (χ0v) is 9.86. The Hall–Kier alpha value is -1.22. The van der Waals surface area contributed by atoms with E-state index in [0.717, 1.165) is 25.4 Å². The van der Waals surface area contributed by atoms with Gasteiger partial charge in [0.15, 0.2) is 0 Å². The SMILES string of the molecule is CN(CC1CCCOC1)c1ccc(N)cc1. The maximum absolute atomic E-state index is 5.67. The summed E-state index contributed by atoms with van der Waals surface area (Å²) in [6.45, 7) is 2.89. The van der Waals surface area contributed by atoms with Gasteiger partial charge in [-0.1, -0.05) is 0 Å². The molecule has 1 fully saturated rings. The van der Waals surface area contributed by atoms with Crippen LogP contribution in [0.1, 0.15) is 12.8 Å². The minimum absolute atomic E-state index is 0.663. The van der Waals surface area contributed by atoms with E-state index in [4.69, 9.17) is 10.5 Å². The minimum atomic E-state index is 0.663. The molecule has 0 bridgehead atoms. The fourth-order valence-corrected chi connectivity index (χ4v) is 2.17. The highest BCUT2D eigenvalue weighted by Gasteiger charge is 2.15. The molecule has 1 unspecified atom stereocenters. The number of nitrogens with two attached hydrogens (primary N) is 1. The van der Waals surface area contributed by atoms with Gasteiger partial charge in [0.2, 0.25) is 0 Å². The molecule has 16 heavy (non-hydrogen) atoms. The van der Waals surface area contributed by atoms with E-state index in [9.17, 15) is 0 Å². The number of hydrogen-bond acceptors (Lipinski definition) is 3. The topological polar surface area (TPSA) is 38.5 Å². The van der Waals surface area contributed by atoms with Crippen LogP contribution in [0.15, 0.2) is 24.3 Å². The summed E-state index contributed by atoms with van der Waals surface area (Å²) in [6, 6.07) is 8.03. The van der Waals surface area contributed by atoms with Gasteiger partial charge in [0, 0.05) is 31.6 Å². The molecule has 3 heteroatoms. The number of benzene rings is 1. The third-order valence-electron chi connectivity index (χ3n) is 3.12. The van der Waals surface area contributed by atoms with Crippen LogP contribution in [0.2, 0.25) is 0 Å². The molecule has 1 aromatic rings. The van der Waals surface area contributed by atoms with E-state index in [2.05, 4.69) is 24.1 Å². The first-order chi connectivity index (χ1) is 7.75. The van der Waals surface area contributed by atoms with E-state index in [0.29, 0.717) is 5.92 Å². The van der Waals surface area contributed by atoms with Gasteiger partial charge >= 0.3 is 0 Å². The largest absolute Gasteiger partial charge is 0.399 e. The quantitative estimate of drug-likeness (QED) is 0.793. The van der Waals surface area contributed by atoms with E-state index in [-0.39, 0.29) is 0 Å². The average molecular weight is 220 g/mol. The monoisotopic (exact) mass is 220 g/mol. The van der Waals surface area contributed by atoms with E-state index < -0.39 is 0 Å². The lowest BCUT2D eigenvalue weighted by molar-refractivity contribution is 0.0576. The van der Waals surface area contributed by atoms with Crippen molar-refractivity contribution in [3.05, 3.63) is 24.3 Å². The van der Waals surface area contributed by atoms with Crippen LogP contribution < -0.4 is 10.6 Å². The third kappa shape index (κ3) is 2.89. The lowest BCUT2D eigenvalue weighted by Gasteiger charge is -2.28. The average Bonchev–Trinajstić information content (AvgIpc) is 2.31. The summed E-state index contributed by atoms with van der Waals surface area (Å²) in [6.07, 6.45) is 2.47. The number of ether oxygens (including phenoxy) is 1. The second-order valence-corrected chi connectivity index (χ2v) is 4.56. The van der Waals surface area contributed by atoms with E-state index in [1.165, 1.54) is 18.5 Å². The minimum Gasteiger partial charge on any atom is -0.399 e. The molecule has 3 nitrogen and oxygen atoms in total. The normalized spacial score (nSPS) is 20.7. The summed E-state index contributed by atoms with van der Waals surface area (Å²) in [5, 5.41) is 0. The Balaban J connectivity index is 1.91. The highest BCUT2D eigenvalue weighted by atomic mass is 16.5. The molecule has 0 aromatic heterocycles. The van der Waals surface area contributed by atoms with Crippen molar-refractivity contribution < 1.29 is 4.74 Å². The third-order valence-corrected chi connectivity index (χ3v) is 3.12. The van der Waals surface area contributed by atoms with Gasteiger partial charge in [-0.25, -0.2) is 0 Å². The number of nitrogens with zero attached hydrogens (tertiary/aromatic N) is 1. The molecule has 1 aliphatic heterocycles. The highest BCUT2D eigenvalue weighted by molar-refractivity contribution is 5.52. The first-order valence-electron chi connectivity index (χ1n) is 5.90. The van der Waals surface area contributed by atoms with Crippen LogP contribution in [0.3, 0.4) is 0 Å². The highest BCUT2D eigenvalue weighted by Crippen LogP contribution is 2.19. The van der Waals surface area contributed by atoms with Gasteiger partial charge in [0.25, 0.3) is 0 Å². The zero-order chi connectivity index (χ0) is 11.4. The summed E-state index contributed by atoms with van der Waals surface area (Å²) in [7, 11) is 2.13. The van der Waals surface area contributed by atoms with Gasteiger partial charge in [0.1, 0.15) is 0 Å². The van der Waals surface area contributed by atoms with Crippen LogP contribution in [0.4, 0.5) is 11.4 Å². The van der Waals surface area contributed by atoms with Crippen molar-refractivity contribution in [2.75, 3.05) is 37.4 Å². The molecule has 0 aliphatic carbocycles. The smallest absolute Gasteiger partial charge is 0.0511 e. The summed E-state index contributed by atoms with van der Waals surface area (Å²) < 4.78 is 5.49. The van der Waals surface area contributed by atoms with Gasteiger partial charge in [-0.2, -0.15) is 0 Å². The van der Waals surface area contributed by atoms with Gasteiger partial charge in [0.05, 0.1) is 6.61 Å². The van der Waals surface area contributed by atoms with Gasteiger partial charge in [-0.05, 0) is 43.0 Å². The Morgan fingerprint density at radius 2 is 2.12 bits per heavy atom. The zero-order valence-electron chi connectivity index (χ0n) is 9.86. The molecule has 2 N–H and O–H groups in total. The molecule has 0 radical (unpaired) electrons. The van der Waals surface area contributed by atoms with E-state index in [1.54, 1.807) is 0 Å². The molecule has 1 saturated heterocycles. The fraction of sp³-hybridized carbons (Fsp3) is 0.538. The second-order valence-electron chi connectivity index (χ2n) is 4.56. The molecule has 88 valence electrons.